The van der Waals surface area contributed by atoms with Crippen molar-refractivity contribution in [1.82, 2.24) is 0 Å². The van der Waals surface area contributed by atoms with Gasteiger partial charge < -0.3 is 4.74 Å². The highest BCUT2D eigenvalue weighted by Crippen LogP contribution is 2.48. The van der Waals surface area contributed by atoms with E-state index in [0.29, 0.717) is 11.8 Å². The molecule has 17 heavy (non-hydrogen) atoms. The molecule has 0 unspecified atom stereocenters. The lowest BCUT2D eigenvalue weighted by atomic mass is 9.81. The Balaban J connectivity index is 2.02. The number of rotatable bonds is 0. The maximum Gasteiger partial charge on any atom is 0.309 e. The van der Waals surface area contributed by atoms with Gasteiger partial charge in [-0.1, -0.05) is 29.7 Å². The molecule has 3 rings (SSSR count). The number of hydrogen-bond donors (Lipinski definition) is 0. The van der Waals surface area contributed by atoms with Gasteiger partial charge in [-0.05, 0) is 33.1 Å². The predicted octanol–water partition coefficient (Wildman–Crippen LogP) is 3.24. The van der Waals surface area contributed by atoms with Crippen molar-refractivity contribution < 1.29 is 9.53 Å². The zero-order chi connectivity index (χ0) is 12.2. The van der Waals surface area contributed by atoms with Gasteiger partial charge in [0.1, 0.15) is 6.10 Å². The first-order valence-electron chi connectivity index (χ1n) is 6.65. The maximum absolute atomic E-state index is 11.8. The van der Waals surface area contributed by atoms with E-state index >= 15 is 0 Å². The minimum atomic E-state index is 0.0126. The lowest BCUT2D eigenvalue weighted by molar-refractivity contribution is -0.144. The van der Waals surface area contributed by atoms with Crippen molar-refractivity contribution in [3.8, 4) is 0 Å². The van der Waals surface area contributed by atoms with E-state index in [2.05, 4.69) is 19.9 Å². The first kappa shape index (κ1) is 11.1. The monoisotopic (exact) mass is 232 g/mol. The van der Waals surface area contributed by atoms with Crippen LogP contribution in [0.2, 0.25) is 0 Å². The second-order valence-corrected chi connectivity index (χ2v) is 5.83. The fraction of sp³-hybridized carbons (Fsp3) is 0.667. The van der Waals surface area contributed by atoms with E-state index in [1.54, 1.807) is 0 Å². The van der Waals surface area contributed by atoms with E-state index < -0.39 is 0 Å². The second-order valence-electron chi connectivity index (χ2n) is 5.83. The summed E-state index contributed by atoms with van der Waals surface area (Å²) < 4.78 is 5.68. The Bertz CT molecular complexity index is 430. The third-order valence-corrected chi connectivity index (χ3v) is 4.93. The molecule has 0 amide bonds. The van der Waals surface area contributed by atoms with Crippen molar-refractivity contribution in [2.24, 2.45) is 17.8 Å². The van der Waals surface area contributed by atoms with E-state index in [-0.39, 0.29) is 18.0 Å². The van der Waals surface area contributed by atoms with Gasteiger partial charge in [-0.2, -0.15) is 0 Å². The number of carbonyl (C=O) groups is 1. The molecule has 1 heterocycles. The van der Waals surface area contributed by atoms with Gasteiger partial charge in [0.15, 0.2) is 0 Å². The molecular weight excluding hydrogens is 212 g/mol. The van der Waals surface area contributed by atoms with Gasteiger partial charge in [0, 0.05) is 11.8 Å². The van der Waals surface area contributed by atoms with Crippen molar-refractivity contribution in [2.45, 2.75) is 46.1 Å². The van der Waals surface area contributed by atoms with Gasteiger partial charge in [0.05, 0.1) is 5.92 Å². The predicted molar refractivity (Wildman–Crippen MR) is 66.3 cm³/mol. The summed E-state index contributed by atoms with van der Waals surface area (Å²) in [7, 11) is 0. The topological polar surface area (TPSA) is 26.3 Å². The Labute approximate surface area is 103 Å². The zero-order valence-electron chi connectivity index (χ0n) is 10.8. The molecule has 3 aliphatic rings. The van der Waals surface area contributed by atoms with Crippen molar-refractivity contribution in [3.05, 3.63) is 22.8 Å². The first-order valence-corrected chi connectivity index (χ1v) is 6.65. The molecule has 1 saturated heterocycles. The number of fused-ring (bicyclic) bond motifs is 3. The average molecular weight is 232 g/mol. The Morgan fingerprint density at radius 2 is 2.12 bits per heavy atom. The summed E-state index contributed by atoms with van der Waals surface area (Å²) in [5.74, 6) is 0.900. The fourth-order valence-electron chi connectivity index (χ4n) is 3.76. The minimum Gasteiger partial charge on any atom is -0.461 e. The summed E-state index contributed by atoms with van der Waals surface area (Å²) in [4.78, 5) is 11.8. The Morgan fingerprint density at radius 1 is 1.35 bits per heavy atom. The number of ether oxygens (including phenoxy) is 1. The number of esters is 1. The highest BCUT2D eigenvalue weighted by atomic mass is 16.6. The van der Waals surface area contributed by atoms with Crippen LogP contribution < -0.4 is 0 Å². The molecule has 0 aromatic carbocycles. The number of hydrogen-bond acceptors (Lipinski definition) is 2. The molecule has 1 aliphatic heterocycles. The van der Waals surface area contributed by atoms with Crippen LogP contribution in [-0.2, 0) is 9.53 Å². The highest BCUT2D eigenvalue weighted by molar-refractivity contribution is 5.75. The Kier molecular flexibility index (Phi) is 2.42. The maximum atomic E-state index is 11.8. The molecule has 4 atom stereocenters. The van der Waals surface area contributed by atoms with E-state index in [9.17, 15) is 4.79 Å². The third kappa shape index (κ3) is 1.50. The Hall–Kier alpha value is -1.05. The quantitative estimate of drug-likeness (QED) is 0.473. The fourth-order valence-corrected chi connectivity index (χ4v) is 3.76. The third-order valence-electron chi connectivity index (χ3n) is 4.93. The minimum absolute atomic E-state index is 0.0126. The molecule has 0 bridgehead atoms. The summed E-state index contributed by atoms with van der Waals surface area (Å²) in [6.07, 6.45) is 5.73. The number of carbonyl (C=O) groups excluding carboxylic acids is 1. The van der Waals surface area contributed by atoms with Crippen LogP contribution in [0.25, 0.3) is 0 Å². The van der Waals surface area contributed by atoms with Crippen LogP contribution in [0.3, 0.4) is 0 Å². The van der Waals surface area contributed by atoms with Gasteiger partial charge in [0.2, 0.25) is 0 Å². The van der Waals surface area contributed by atoms with Gasteiger partial charge in [-0.25, -0.2) is 0 Å². The van der Waals surface area contributed by atoms with Crippen LogP contribution in [0.4, 0.5) is 0 Å². The largest absolute Gasteiger partial charge is 0.461 e. The molecule has 2 nitrogen and oxygen atoms in total. The summed E-state index contributed by atoms with van der Waals surface area (Å²) in [5, 5.41) is 0. The molecule has 92 valence electrons. The van der Waals surface area contributed by atoms with Gasteiger partial charge in [-0.15, -0.1) is 0 Å². The van der Waals surface area contributed by atoms with Crippen molar-refractivity contribution >= 4 is 5.97 Å². The standard InChI is InChI=1S/C15H20O2/c1-8-4-7-12-10(3)15(16)17-14(12)13-9(2)5-6-11(8)13/h5,10,12-14H,4,6-7H2,1-3H3/t10-,12+,13-,14-/m1/s1. The first-order chi connectivity index (χ1) is 8.09. The van der Waals surface area contributed by atoms with Crippen molar-refractivity contribution in [2.75, 3.05) is 0 Å². The van der Waals surface area contributed by atoms with Crippen LogP contribution in [0, 0.1) is 17.8 Å². The summed E-state index contributed by atoms with van der Waals surface area (Å²) in [5.41, 5.74) is 4.45. The van der Waals surface area contributed by atoms with Crippen molar-refractivity contribution in [1.29, 1.82) is 0 Å². The molecule has 1 fully saturated rings. The van der Waals surface area contributed by atoms with E-state index in [4.69, 9.17) is 4.74 Å². The lowest BCUT2D eigenvalue weighted by Gasteiger charge is -2.25. The van der Waals surface area contributed by atoms with E-state index in [0.717, 1.165) is 19.3 Å². The van der Waals surface area contributed by atoms with Crippen LogP contribution in [-0.4, -0.2) is 12.1 Å². The zero-order valence-corrected chi connectivity index (χ0v) is 10.8. The van der Waals surface area contributed by atoms with Crippen molar-refractivity contribution in [3.63, 3.8) is 0 Å². The van der Waals surface area contributed by atoms with E-state index in [1.807, 2.05) is 6.92 Å². The molecule has 2 heteroatoms. The van der Waals surface area contributed by atoms with Crippen LogP contribution in [0.15, 0.2) is 22.8 Å². The smallest absolute Gasteiger partial charge is 0.309 e. The summed E-state index contributed by atoms with van der Waals surface area (Å²) in [6, 6.07) is 0. The van der Waals surface area contributed by atoms with Gasteiger partial charge in [-0.3, -0.25) is 4.79 Å². The highest BCUT2D eigenvalue weighted by Gasteiger charge is 2.48. The SMILES string of the molecule is CC1=CCC2=C(C)CC[C@@H]3[C@@H](OC(=O)[C@@H]3C)[C@H]12. The molecule has 0 aromatic heterocycles. The lowest BCUT2D eigenvalue weighted by Crippen LogP contribution is -2.27. The molecule has 0 spiro atoms. The second kappa shape index (κ2) is 3.72. The molecular formula is C15H20O2. The normalized spacial score (nSPS) is 40.6. The molecule has 2 aliphatic carbocycles. The van der Waals surface area contributed by atoms with E-state index in [1.165, 1.54) is 16.7 Å². The van der Waals surface area contributed by atoms with Crippen LogP contribution >= 0.6 is 0 Å². The molecule has 0 saturated carbocycles. The average Bonchev–Trinajstić information content (AvgIpc) is 2.75. The van der Waals surface area contributed by atoms with Gasteiger partial charge >= 0.3 is 5.97 Å². The van der Waals surface area contributed by atoms with Crippen LogP contribution in [0.1, 0.15) is 40.0 Å². The molecule has 0 N–H and O–H groups in total. The molecule has 0 radical (unpaired) electrons. The summed E-state index contributed by atoms with van der Waals surface area (Å²) >= 11 is 0. The Morgan fingerprint density at radius 3 is 2.88 bits per heavy atom. The van der Waals surface area contributed by atoms with Gasteiger partial charge in [0.25, 0.3) is 0 Å². The molecule has 0 aromatic rings. The summed E-state index contributed by atoms with van der Waals surface area (Å²) in [6.45, 7) is 6.47. The number of allylic oxidation sites excluding steroid dienone is 2. The van der Waals surface area contributed by atoms with Crippen LogP contribution in [0.5, 0.6) is 0 Å².